The van der Waals surface area contributed by atoms with E-state index in [-0.39, 0.29) is 12.7 Å². The first-order chi connectivity index (χ1) is 13.6. The maximum Gasteiger partial charge on any atom is 0.126 e. The lowest BCUT2D eigenvalue weighted by Gasteiger charge is -2.25. The van der Waals surface area contributed by atoms with Gasteiger partial charge in [0, 0.05) is 36.5 Å². The normalized spacial score (nSPS) is 17.9. The number of aliphatic hydroxyl groups excluding tert-OH is 1. The number of hydrogen-bond acceptors (Lipinski definition) is 7. The van der Waals surface area contributed by atoms with Crippen molar-refractivity contribution in [1.29, 1.82) is 0 Å². The summed E-state index contributed by atoms with van der Waals surface area (Å²) in [6.45, 7) is 3.10. The van der Waals surface area contributed by atoms with Crippen LogP contribution in [0.4, 0.5) is 0 Å². The third-order valence-corrected chi connectivity index (χ3v) is 5.04. The first-order valence-corrected chi connectivity index (χ1v) is 9.47. The minimum absolute atomic E-state index is 0.0317. The van der Waals surface area contributed by atoms with Gasteiger partial charge in [-0.25, -0.2) is 5.84 Å². The molecule has 7 heteroatoms. The van der Waals surface area contributed by atoms with Crippen molar-refractivity contribution >= 4 is 5.71 Å². The van der Waals surface area contributed by atoms with E-state index in [2.05, 4.69) is 27.4 Å². The Balaban J connectivity index is 1.43. The quantitative estimate of drug-likeness (QED) is 0.517. The summed E-state index contributed by atoms with van der Waals surface area (Å²) < 4.78 is 5.88. The second-order valence-corrected chi connectivity index (χ2v) is 7.07. The Labute approximate surface area is 164 Å². The monoisotopic (exact) mass is 379 g/mol. The van der Waals surface area contributed by atoms with E-state index in [1.165, 1.54) is 0 Å². The van der Waals surface area contributed by atoms with Crippen LogP contribution in [0.1, 0.15) is 22.4 Å². The van der Waals surface area contributed by atoms with Gasteiger partial charge in [-0.1, -0.05) is 18.2 Å². The highest BCUT2D eigenvalue weighted by atomic mass is 16.5. The number of hydrazine groups is 1. The van der Waals surface area contributed by atoms with Crippen LogP contribution in [-0.2, 0) is 12.8 Å². The molecule has 0 bridgehead atoms. The SMILES string of the molecule is Cc1ccc(C2=NCNC(N(N)CCc3cccc4c3O[C@H](CO)C4)=C2)cn1. The molecule has 0 radical (unpaired) electrons. The first-order valence-electron chi connectivity index (χ1n) is 9.47. The van der Waals surface area contributed by atoms with Crippen LogP contribution >= 0.6 is 0 Å². The lowest BCUT2D eigenvalue weighted by Crippen LogP contribution is -2.40. The molecule has 0 saturated carbocycles. The van der Waals surface area contributed by atoms with E-state index in [1.807, 2.05) is 37.4 Å². The van der Waals surface area contributed by atoms with Gasteiger partial charge < -0.3 is 15.2 Å². The number of fused-ring (bicyclic) bond motifs is 1. The Morgan fingerprint density at radius 3 is 3.00 bits per heavy atom. The van der Waals surface area contributed by atoms with E-state index in [4.69, 9.17) is 10.6 Å². The van der Waals surface area contributed by atoms with Crippen molar-refractivity contribution in [3.05, 3.63) is 70.8 Å². The van der Waals surface area contributed by atoms with Crippen LogP contribution in [-0.4, -0.2) is 46.7 Å². The third-order valence-electron chi connectivity index (χ3n) is 5.04. The fourth-order valence-electron chi connectivity index (χ4n) is 3.47. The summed E-state index contributed by atoms with van der Waals surface area (Å²) >= 11 is 0. The van der Waals surface area contributed by atoms with Crippen LogP contribution in [0.25, 0.3) is 0 Å². The zero-order valence-corrected chi connectivity index (χ0v) is 15.9. The van der Waals surface area contributed by atoms with Gasteiger partial charge in [0.2, 0.25) is 0 Å². The maximum atomic E-state index is 9.37. The lowest BCUT2D eigenvalue weighted by molar-refractivity contribution is 0.133. The number of aliphatic hydroxyl groups is 1. The van der Waals surface area contributed by atoms with Crippen LogP contribution < -0.4 is 15.9 Å². The largest absolute Gasteiger partial charge is 0.487 e. The number of rotatable bonds is 6. The topological polar surface area (TPSA) is 96.0 Å². The number of nitrogens with zero attached hydrogens (tertiary/aromatic N) is 3. The van der Waals surface area contributed by atoms with Gasteiger partial charge in [0.15, 0.2) is 0 Å². The molecule has 7 nitrogen and oxygen atoms in total. The van der Waals surface area contributed by atoms with Gasteiger partial charge in [-0.05, 0) is 36.6 Å². The maximum absolute atomic E-state index is 9.37. The van der Waals surface area contributed by atoms with E-state index < -0.39 is 0 Å². The predicted molar refractivity (Wildman–Crippen MR) is 108 cm³/mol. The molecular weight excluding hydrogens is 354 g/mol. The van der Waals surface area contributed by atoms with E-state index in [0.29, 0.717) is 13.2 Å². The molecular formula is C21H25N5O2. The highest BCUT2D eigenvalue weighted by Crippen LogP contribution is 2.32. The average molecular weight is 379 g/mol. The summed E-state index contributed by atoms with van der Waals surface area (Å²) in [6.07, 6.45) is 5.13. The smallest absolute Gasteiger partial charge is 0.126 e. The summed E-state index contributed by atoms with van der Waals surface area (Å²) in [5.41, 5.74) is 5.08. The van der Waals surface area contributed by atoms with E-state index >= 15 is 0 Å². The van der Waals surface area contributed by atoms with E-state index in [9.17, 15) is 5.11 Å². The lowest BCUT2D eigenvalue weighted by atomic mass is 10.0. The van der Waals surface area contributed by atoms with Gasteiger partial charge in [-0.3, -0.25) is 15.0 Å². The first kappa shape index (κ1) is 18.5. The standard InChI is InChI=1S/C21H25N5O2/c1-14-5-6-17(11-23-14)19-10-20(25-13-24-19)26(22)8-7-15-3-2-4-16-9-18(12-27)28-21(15)16/h2-6,10-11,18,25,27H,7-9,12-13,22H2,1H3/t18-/m0/s1. The van der Waals surface area contributed by atoms with Crippen molar-refractivity contribution in [2.24, 2.45) is 10.8 Å². The number of benzene rings is 1. The molecule has 2 aromatic rings. The fraction of sp³-hybridized carbons (Fsp3) is 0.333. The molecule has 1 aromatic heterocycles. The molecule has 28 heavy (non-hydrogen) atoms. The number of pyridine rings is 1. The van der Waals surface area contributed by atoms with Crippen LogP contribution in [0.2, 0.25) is 0 Å². The molecule has 1 aromatic carbocycles. The Morgan fingerprint density at radius 1 is 1.32 bits per heavy atom. The molecule has 4 rings (SSSR count). The van der Waals surface area contributed by atoms with Crippen LogP contribution in [0, 0.1) is 6.92 Å². The van der Waals surface area contributed by atoms with Crippen molar-refractivity contribution in [3.63, 3.8) is 0 Å². The number of para-hydroxylation sites is 1. The summed E-state index contributed by atoms with van der Waals surface area (Å²) in [7, 11) is 0. The highest BCUT2D eigenvalue weighted by Gasteiger charge is 2.24. The van der Waals surface area contributed by atoms with Gasteiger partial charge in [0.05, 0.1) is 12.3 Å². The Kier molecular flexibility index (Phi) is 5.27. The van der Waals surface area contributed by atoms with Crippen molar-refractivity contribution in [2.75, 3.05) is 19.8 Å². The molecule has 0 fully saturated rings. The second-order valence-electron chi connectivity index (χ2n) is 7.07. The zero-order valence-electron chi connectivity index (χ0n) is 15.9. The summed E-state index contributed by atoms with van der Waals surface area (Å²) in [5.74, 6) is 8.03. The van der Waals surface area contributed by atoms with Crippen molar-refractivity contribution in [3.8, 4) is 5.75 Å². The van der Waals surface area contributed by atoms with Gasteiger partial charge in [0.25, 0.3) is 0 Å². The number of ether oxygens (including phenoxy) is 1. The molecule has 2 aliphatic rings. The van der Waals surface area contributed by atoms with Gasteiger partial charge in [0.1, 0.15) is 24.3 Å². The summed E-state index contributed by atoms with van der Waals surface area (Å²) in [4.78, 5) is 8.85. The van der Waals surface area contributed by atoms with Crippen molar-refractivity contribution in [1.82, 2.24) is 15.3 Å². The van der Waals surface area contributed by atoms with Crippen LogP contribution in [0.5, 0.6) is 5.75 Å². The Morgan fingerprint density at radius 2 is 2.21 bits per heavy atom. The number of allylic oxidation sites excluding steroid dienone is 1. The number of aryl methyl sites for hydroxylation is 1. The molecule has 146 valence electrons. The van der Waals surface area contributed by atoms with E-state index in [1.54, 1.807) is 5.01 Å². The molecule has 2 aliphatic heterocycles. The van der Waals surface area contributed by atoms with Crippen molar-refractivity contribution < 1.29 is 9.84 Å². The van der Waals surface area contributed by atoms with Crippen LogP contribution in [0.3, 0.4) is 0 Å². The summed E-state index contributed by atoms with van der Waals surface area (Å²) in [5, 5.41) is 14.3. The third kappa shape index (κ3) is 3.85. The molecule has 1 atom stereocenters. The van der Waals surface area contributed by atoms with Gasteiger partial charge in [-0.2, -0.15) is 0 Å². The number of aliphatic imine (C=N–C) groups is 1. The molecule has 0 aliphatic carbocycles. The molecule has 0 amide bonds. The predicted octanol–water partition coefficient (Wildman–Crippen LogP) is 1.30. The average Bonchev–Trinajstić information content (AvgIpc) is 3.16. The summed E-state index contributed by atoms with van der Waals surface area (Å²) in [6, 6.07) is 10.1. The highest BCUT2D eigenvalue weighted by molar-refractivity contribution is 6.09. The zero-order chi connectivity index (χ0) is 19.5. The van der Waals surface area contributed by atoms with Gasteiger partial charge >= 0.3 is 0 Å². The number of aromatic nitrogens is 1. The Hall–Kier alpha value is -2.90. The van der Waals surface area contributed by atoms with Crippen LogP contribution in [0.15, 0.2) is 53.4 Å². The molecule has 3 heterocycles. The molecule has 0 saturated heterocycles. The minimum Gasteiger partial charge on any atom is -0.487 e. The number of nitrogens with two attached hydrogens (primary N) is 1. The van der Waals surface area contributed by atoms with Crippen molar-refractivity contribution in [2.45, 2.75) is 25.9 Å². The Bertz CT molecular complexity index is 908. The van der Waals surface area contributed by atoms with Gasteiger partial charge in [-0.15, -0.1) is 0 Å². The second kappa shape index (κ2) is 8.00. The number of hydrogen-bond donors (Lipinski definition) is 3. The number of nitrogens with one attached hydrogen (secondary N) is 1. The molecule has 0 unspecified atom stereocenters. The molecule has 4 N–H and O–H groups in total. The minimum atomic E-state index is -0.144. The fourth-order valence-corrected chi connectivity index (χ4v) is 3.47. The van der Waals surface area contributed by atoms with E-state index in [0.717, 1.165) is 52.5 Å². The molecule has 0 spiro atoms.